The van der Waals surface area contributed by atoms with Crippen LogP contribution in [0.1, 0.15) is 86.0 Å². The summed E-state index contributed by atoms with van der Waals surface area (Å²) < 4.78 is 33.8. The normalized spacial score (nSPS) is 24.4. The minimum absolute atomic E-state index is 0.0933. The molecule has 0 spiro atoms. The summed E-state index contributed by atoms with van der Waals surface area (Å²) in [5.74, 6) is -0.0933. The minimum atomic E-state index is -4.36. The van der Waals surface area contributed by atoms with Crippen molar-refractivity contribution in [1.82, 2.24) is 0 Å². The van der Waals surface area contributed by atoms with Crippen LogP contribution in [-0.2, 0) is 14.9 Å². The summed E-state index contributed by atoms with van der Waals surface area (Å²) in [6.45, 7) is 9.14. The molecule has 0 aromatic rings. The second-order valence-corrected chi connectivity index (χ2v) is 9.09. The molecule has 0 aromatic heterocycles. The highest BCUT2D eigenvalue weighted by atomic mass is 32.2. The van der Waals surface area contributed by atoms with Crippen LogP contribution in [0, 0.1) is 5.41 Å². The van der Waals surface area contributed by atoms with Gasteiger partial charge in [0, 0.05) is 6.42 Å². The Morgan fingerprint density at radius 1 is 1.08 bits per heavy atom. The zero-order valence-corrected chi connectivity index (χ0v) is 17.2. The molecule has 1 aliphatic rings. The minimum Gasteiger partial charge on any atom is -0.299 e. The molecule has 2 unspecified atom stereocenters. The van der Waals surface area contributed by atoms with Gasteiger partial charge >= 0.3 is 0 Å². The predicted molar refractivity (Wildman–Crippen MR) is 103 cm³/mol. The quantitative estimate of drug-likeness (QED) is 0.421. The van der Waals surface area contributed by atoms with Crippen LogP contribution in [0.5, 0.6) is 0 Å². The molecule has 0 amide bonds. The van der Waals surface area contributed by atoms with Crippen LogP contribution in [0.15, 0.2) is 22.8 Å². The number of ketones is 1. The lowest BCUT2D eigenvalue weighted by Crippen LogP contribution is -2.47. The van der Waals surface area contributed by atoms with Gasteiger partial charge in [-0.15, -0.1) is 0 Å². The van der Waals surface area contributed by atoms with E-state index in [4.69, 9.17) is 0 Å². The number of unbranched alkanes of at least 4 members (excludes halogenated alkanes) is 6. The largest absolute Gasteiger partial charge is 0.299 e. The zero-order valence-electron chi connectivity index (χ0n) is 16.4. The first kappa shape index (κ1) is 22.1. The van der Waals surface area contributed by atoms with Crippen LogP contribution >= 0.6 is 0 Å². The molecule has 1 N–H and O–H groups in total. The Hall–Kier alpha value is -0.940. The van der Waals surface area contributed by atoms with E-state index in [0.29, 0.717) is 17.6 Å². The molecule has 0 heterocycles. The van der Waals surface area contributed by atoms with Gasteiger partial charge in [0.2, 0.25) is 0 Å². The molecule has 1 aliphatic carbocycles. The maximum atomic E-state index is 12.9. The molecule has 0 aliphatic heterocycles. The van der Waals surface area contributed by atoms with E-state index in [1.54, 1.807) is 20.8 Å². The lowest BCUT2D eigenvalue weighted by Gasteiger charge is -2.39. The maximum absolute atomic E-state index is 12.9. The topological polar surface area (TPSA) is 71.4 Å². The van der Waals surface area contributed by atoms with E-state index in [9.17, 15) is 17.8 Å². The zero-order chi connectivity index (χ0) is 19.3. The first-order chi connectivity index (χ1) is 11.6. The van der Waals surface area contributed by atoms with Gasteiger partial charge < -0.3 is 0 Å². The van der Waals surface area contributed by atoms with Gasteiger partial charge in [-0.3, -0.25) is 9.35 Å². The Kier molecular flexibility index (Phi) is 8.07. The number of carbonyl (C=O) groups excluding carboxylic acids is 1. The van der Waals surface area contributed by atoms with Crippen molar-refractivity contribution in [3.8, 4) is 0 Å². The summed E-state index contributed by atoms with van der Waals surface area (Å²) in [5, 5.41) is -1.18. The maximum Gasteiger partial charge on any atom is 0.272 e. The van der Waals surface area contributed by atoms with Crippen LogP contribution < -0.4 is 0 Å². The van der Waals surface area contributed by atoms with E-state index >= 15 is 0 Å². The molecule has 0 saturated heterocycles. The molecule has 0 radical (unpaired) electrons. The van der Waals surface area contributed by atoms with E-state index < -0.39 is 20.8 Å². The fourth-order valence-electron chi connectivity index (χ4n) is 3.82. The summed E-state index contributed by atoms with van der Waals surface area (Å²) in [6.07, 6.45) is 9.98. The molecule has 4 nitrogen and oxygen atoms in total. The second kappa shape index (κ2) is 9.13. The molecule has 5 heteroatoms. The van der Waals surface area contributed by atoms with Crippen molar-refractivity contribution >= 4 is 15.9 Å². The number of hydrogen-bond donors (Lipinski definition) is 1. The van der Waals surface area contributed by atoms with Gasteiger partial charge in [0.1, 0.15) is 11.0 Å². The summed E-state index contributed by atoms with van der Waals surface area (Å²) in [4.78, 5) is 12.9. The van der Waals surface area contributed by atoms with Gasteiger partial charge in [-0.05, 0) is 39.7 Å². The standard InChI is InChI=1S/C20H34O4S/c1-6-7-8-9-10-11-12-13-18(21)20(5)16(3)14-15(2)17(4)19(20)25(22,23)24/h14,19H,6-13H2,1-5H3,(H,22,23,24). The summed E-state index contributed by atoms with van der Waals surface area (Å²) in [5.41, 5.74) is 0.898. The van der Waals surface area contributed by atoms with E-state index in [1.165, 1.54) is 25.7 Å². The number of rotatable bonds is 10. The van der Waals surface area contributed by atoms with Crippen LogP contribution in [0.25, 0.3) is 0 Å². The smallest absolute Gasteiger partial charge is 0.272 e. The van der Waals surface area contributed by atoms with E-state index in [2.05, 4.69) is 6.92 Å². The van der Waals surface area contributed by atoms with Crippen LogP contribution in [0.4, 0.5) is 0 Å². The average molecular weight is 371 g/mol. The van der Waals surface area contributed by atoms with Crippen LogP contribution in [0.2, 0.25) is 0 Å². The van der Waals surface area contributed by atoms with Crippen molar-refractivity contribution in [2.24, 2.45) is 5.41 Å². The van der Waals surface area contributed by atoms with Gasteiger partial charge in [0.25, 0.3) is 10.1 Å². The molecule has 1 rings (SSSR count). The summed E-state index contributed by atoms with van der Waals surface area (Å²) >= 11 is 0. The molecular formula is C20H34O4S. The van der Waals surface area contributed by atoms with Crippen molar-refractivity contribution in [2.45, 2.75) is 91.2 Å². The fourth-order valence-corrected chi connectivity index (χ4v) is 5.37. The highest BCUT2D eigenvalue weighted by Gasteiger charge is 2.51. The number of allylic oxidation sites excluding steroid dienone is 3. The average Bonchev–Trinajstić information content (AvgIpc) is 2.50. The molecule has 2 atom stereocenters. The Balaban J connectivity index is 2.82. The van der Waals surface area contributed by atoms with E-state index in [0.717, 1.165) is 24.8 Å². The van der Waals surface area contributed by atoms with Crippen molar-refractivity contribution < 1.29 is 17.8 Å². The molecule has 0 aromatic carbocycles. The fraction of sp³-hybridized carbons (Fsp3) is 0.750. The summed E-state index contributed by atoms with van der Waals surface area (Å²) in [6, 6.07) is 0. The number of carbonyl (C=O) groups is 1. The Bertz CT molecular complexity index is 643. The van der Waals surface area contributed by atoms with Gasteiger partial charge in [-0.2, -0.15) is 8.42 Å². The lowest BCUT2D eigenvalue weighted by atomic mass is 9.68. The van der Waals surface area contributed by atoms with E-state index in [1.807, 2.05) is 13.0 Å². The van der Waals surface area contributed by atoms with Gasteiger partial charge in [0.05, 0.1) is 5.41 Å². The molecular weight excluding hydrogens is 336 g/mol. The molecule has 0 bridgehead atoms. The molecule has 144 valence electrons. The van der Waals surface area contributed by atoms with Crippen LogP contribution in [-0.4, -0.2) is 24.0 Å². The third-order valence-corrected chi connectivity index (χ3v) is 7.10. The Morgan fingerprint density at radius 2 is 1.60 bits per heavy atom. The first-order valence-electron chi connectivity index (χ1n) is 9.42. The Morgan fingerprint density at radius 3 is 2.12 bits per heavy atom. The predicted octanol–water partition coefficient (Wildman–Crippen LogP) is 5.26. The van der Waals surface area contributed by atoms with Crippen molar-refractivity contribution in [1.29, 1.82) is 0 Å². The van der Waals surface area contributed by atoms with Crippen molar-refractivity contribution in [3.63, 3.8) is 0 Å². The van der Waals surface area contributed by atoms with Crippen molar-refractivity contribution in [2.75, 3.05) is 0 Å². The van der Waals surface area contributed by atoms with Crippen molar-refractivity contribution in [3.05, 3.63) is 22.8 Å². The first-order valence-corrected chi connectivity index (χ1v) is 10.9. The molecule has 0 fully saturated rings. The van der Waals surface area contributed by atoms with E-state index in [-0.39, 0.29) is 5.78 Å². The SMILES string of the molecule is CCCCCCCCCC(=O)C1(C)C(C)=CC(C)=C(C)C1S(=O)(=O)O. The third-order valence-electron chi connectivity index (χ3n) is 5.68. The van der Waals surface area contributed by atoms with Crippen LogP contribution in [0.3, 0.4) is 0 Å². The van der Waals surface area contributed by atoms with Gasteiger partial charge in [0.15, 0.2) is 0 Å². The second-order valence-electron chi connectivity index (χ2n) is 7.59. The van der Waals surface area contributed by atoms with Gasteiger partial charge in [-0.1, -0.05) is 62.7 Å². The molecule has 25 heavy (non-hydrogen) atoms. The lowest BCUT2D eigenvalue weighted by molar-refractivity contribution is -0.126. The highest BCUT2D eigenvalue weighted by Crippen LogP contribution is 2.45. The monoisotopic (exact) mass is 370 g/mol. The molecule has 0 saturated carbocycles. The number of hydrogen-bond acceptors (Lipinski definition) is 3. The third kappa shape index (κ3) is 5.27. The van der Waals surface area contributed by atoms with Gasteiger partial charge in [-0.25, -0.2) is 0 Å². The summed E-state index contributed by atoms with van der Waals surface area (Å²) in [7, 11) is -4.36. The Labute approximate surface area is 153 Å². The number of Topliss-reactive ketones (excluding diaryl/α,β-unsaturated/α-hetero) is 1. The highest BCUT2D eigenvalue weighted by molar-refractivity contribution is 7.86.